The number of fused-ring (bicyclic) bond motifs is 1. The van der Waals surface area contributed by atoms with Crippen molar-refractivity contribution in [2.24, 2.45) is 11.8 Å². The fourth-order valence-corrected chi connectivity index (χ4v) is 3.32. The third kappa shape index (κ3) is 0.936. The third-order valence-electron chi connectivity index (χ3n) is 3.86. The lowest BCUT2D eigenvalue weighted by molar-refractivity contribution is -0.219. The number of hydrogen-bond donors (Lipinski definition) is 0. The van der Waals surface area contributed by atoms with E-state index in [1.165, 1.54) is 0 Å². The molecular formula is C11H11FO4. The highest BCUT2D eigenvalue weighted by Gasteiger charge is 2.77. The van der Waals surface area contributed by atoms with E-state index < -0.39 is 29.3 Å². The van der Waals surface area contributed by atoms with Crippen LogP contribution < -0.4 is 0 Å². The van der Waals surface area contributed by atoms with Gasteiger partial charge in [0.25, 0.3) is 5.79 Å². The van der Waals surface area contributed by atoms with E-state index in [9.17, 15) is 14.0 Å². The molecule has 0 spiro atoms. The Morgan fingerprint density at radius 3 is 3.00 bits per heavy atom. The third-order valence-corrected chi connectivity index (χ3v) is 3.86. The topological polar surface area (TPSA) is 52.6 Å². The highest BCUT2D eigenvalue weighted by atomic mass is 19.1. The Labute approximate surface area is 91.4 Å². The first-order chi connectivity index (χ1) is 7.50. The second-order valence-electron chi connectivity index (χ2n) is 4.75. The molecule has 86 valence electrons. The van der Waals surface area contributed by atoms with Gasteiger partial charge in [-0.2, -0.15) is 0 Å². The van der Waals surface area contributed by atoms with E-state index in [-0.39, 0.29) is 12.3 Å². The Hall–Kier alpha value is -1.39. The molecule has 3 aliphatic rings. The molecule has 3 rings (SSSR count). The first-order valence-corrected chi connectivity index (χ1v) is 5.28. The van der Waals surface area contributed by atoms with E-state index in [0.29, 0.717) is 12.8 Å². The molecule has 2 bridgehead atoms. The summed E-state index contributed by atoms with van der Waals surface area (Å²) >= 11 is 0. The van der Waals surface area contributed by atoms with Crippen molar-refractivity contribution in [3.8, 4) is 0 Å². The predicted molar refractivity (Wildman–Crippen MR) is 49.8 cm³/mol. The average molecular weight is 226 g/mol. The van der Waals surface area contributed by atoms with Crippen LogP contribution in [0.15, 0.2) is 12.7 Å². The summed E-state index contributed by atoms with van der Waals surface area (Å²) in [6, 6.07) is 0. The summed E-state index contributed by atoms with van der Waals surface area (Å²) in [5.41, 5.74) is -1.94. The van der Waals surface area contributed by atoms with Crippen molar-refractivity contribution in [2.45, 2.75) is 30.7 Å². The molecule has 1 heterocycles. The van der Waals surface area contributed by atoms with Crippen molar-refractivity contribution >= 4 is 11.9 Å². The number of rotatable bonds is 2. The summed E-state index contributed by atoms with van der Waals surface area (Å²) in [6.07, 6.45) is 2.15. The van der Waals surface area contributed by atoms with E-state index in [0.717, 1.165) is 6.08 Å². The number of carbonyl (C=O) groups excluding carboxylic acids is 2. The van der Waals surface area contributed by atoms with Gasteiger partial charge in [0.05, 0.1) is 5.92 Å². The Morgan fingerprint density at radius 2 is 2.38 bits per heavy atom. The highest BCUT2D eigenvalue weighted by molar-refractivity contribution is 5.86. The molecule has 5 heteroatoms. The molecule has 16 heavy (non-hydrogen) atoms. The SMILES string of the molecule is C=CC(=O)OC12CC3CC1C(F)(C3)C(=O)O2. The fraction of sp³-hybridized carbons (Fsp3) is 0.636. The number of alkyl halides is 1. The molecule has 4 unspecified atom stereocenters. The van der Waals surface area contributed by atoms with Crippen LogP contribution in [-0.2, 0) is 19.1 Å². The van der Waals surface area contributed by atoms with Gasteiger partial charge in [0.1, 0.15) is 0 Å². The van der Waals surface area contributed by atoms with Crippen molar-refractivity contribution in [3.63, 3.8) is 0 Å². The van der Waals surface area contributed by atoms with Gasteiger partial charge < -0.3 is 9.47 Å². The number of carbonyl (C=O) groups is 2. The van der Waals surface area contributed by atoms with E-state index in [1.54, 1.807) is 0 Å². The van der Waals surface area contributed by atoms with Crippen molar-refractivity contribution in [2.75, 3.05) is 0 Å². The molecule has 0 radical (unpaired) electrons. The molecule has 3 fully saturated rings. The van der Waals surface area contributed by atoms with Gasteiger partial charge in [-0.1, -0.05) is 6.58 Å². The van der Waals surface area contributed by atoms with Gasteiger partial charge in [0, 0.05) is 12.5 Å². The molecule has 0 aromatic heterocycles. The first-order valence-electron chi connectivity index (χ1n) is 5.28. The second-order valence-corrected chi connectivity index (χ2v) is 4.75. The minimum absolute atomic E-state index is 0.0686. The minimum Gasteiger partial charge on any atom is -0.420 e. The van der Waals surface area contributed by atoms with Gasteiger partial charge in [-0.15, -0.1) is 0 Å². The monoisotopic (exact) mass is 226 g/mol. The van der Waals surface area contributed by atoms with Crippen LogP contribution in [0.5, 0.6) is 0 Å². The predicted octanol–water partition coefficient (Wildman–Crippen LogP) is 1.11. The average Bonchev–Trinajstić information content (AvgIpc) is 2.74. The summed E-state index contributed by atoms with van der Waals surface area (Å²) in [5.74, 6) is -3.49. The molecule has 0 aromatic rings. The van der Waals surface area contributed by atoms with E-state index >= 15 is 0 Å². The maximum Gasteiger partial charge on any atom is 0.347 e. The number of hydrogen-bond acceptors (Lipinski definition) is 4. The Morgan fingerprint density at radius 1 is 1.62 bits per heavy atom. The number of halogens is 1. The molecule has 2 saturated carbocycles. The number of ether oxygens (including phenoxy) is 2. The molecular weight excluding hydrogens is 215 g/mol. The fourth-order valence-electron chi connectivity index (χ4n) is 3.32. The van der Waals surface area contributed by atoms with Gasteiger partial charge in [0.2, 0.25) is 5.67 Å². The van der Waals surface area contributed by atoms with Crippen LogP contribution in [0.25, 0.3) is 0 Å². The number of esters is 2. The Bertz CT molecular complexity index is 407. The van der Waals surface area contributed by atoms with Crippen LogP contribution in [0.1, 0.15) is 19.3 Å². The maximum absolute atomic E-state index is 14.3. The molecule has 0 aromatic carbocycles. The van der Waals surface area contributed by atoms with Crippen LogP contribution in [0.4, 0.5) is 4.39 Å². The highest BCUT2D eigenvalue weighted by Crippen LogP contribution is 2.64. The van der Waals surface area contributed by atoms with Crippen molar-refractivity contribution in [3.05, 3.63) is 12.7 Å². The molecule has 4 atom stereocenters. The summed E-state index contributed by atoms with van der Waals surface area (Å²) in [7, 11) is 0. The van der Waals surface area contributed by atoms with Crippen LogP contribution in [-0.4, -0.2) is 23.4 Å². The molecule has 4 nitrogen and oxygen atoms in total. The second kappa shape index (κ2) is 2.64. The van der Waals surface area contributed by atoms with E-state index in [4.69, 9.17) is 9.47 Å². The quantitative estimate of drug-likeness (QED) is 0.522. The van der Waals surface area contributed by atoms with E-state index in [1.807, 2.05) is 0 Å². The normalized spacial score (nSPS) is 47.9. The van der Waals surface area contributed by atoms with Crippen molar-refractivity contribution in [1.29, 1.82) is 0 Å². The van der Waals surface area contributed by atoms with Gasteiger partial charge in [0.15, 0.2) is 0 Å². The van der Waals surface area contributed by atoms with Gasteiger partial charge in [-0.05, 0) is 18.8 Å². The summed E-state index contributed by atoms with van der Waals surface area (Å²) < 4.78 is 24.3. The van der Waals surface area contributed by atoms with Gasteiger partial charge >= 0.3 is 11.9 Å². The smallest absolute Gasteiger partial charge is 0.347 e. The van der Waals surface area contributed by atoms with Crippen molar-refractivity contribution in [1.82, 2.24) is 0 Å². The molecule has 2 aliphatic carbocycles. The van der Waals surface area contributed by atoms with Gasteiger partial charge in [-0.25, -0.2) is 14.0 Å². The first kappa shape index (κ1) is 9.81. The van der Waals surface area contributed by atoms with Crippen molar-refractivity contribution < 1.29 is 23.5 Å². The van der Waals surface area contributed by atoms with Gasteiger partial charge in [-0.3, -0.25) is 0 Å². The van der Waals surface area contributed by atoms with Crippen LogP contribution >= 0.6 is 0 Å². The summed E-state index contributed by atoms with van der Waals surface area (Å²) in [6.45, 7) is 3.27. The zero-order valence-electron chi connectivity index (χ0n) is 8.57. The lowest BCUT2D eigenvalue weighted by Gasteiger charge is -2.30. The Balaban J connectivity index is 1.96. The molecule has 0 amide bonds. The Kier molecular flexibility index (Phi) is 1.62. The molecule has 1 saturated heterocycles. The standard InChI is InChI=1S/C11H11FO4/c1-2-8(13)15-11-5-6-3-7(11)10(12,4-6)9(14)16-11/h2,6-7H,1,3-5H2. The van der Waals surface area contributed by atoms with Crippen LogP contribution in [0.3, 0.4) is 0 Å². The summed E-state index contributed by atoms with van der Waals surface area (Å²) in [5, 5.41) is 0. The molecule has 1 aliphatic heterocycles. The lowest BCUT2D eigenvalue weighted by Crippen LogP contribution is -2.43. The zero-order valence-corrected chi connectivity index (χ0v) is 8.57. The minimum atomic E-state index is -1.94. The van der Waals surface area contributed by atoms with Crippen LogP contribution in [0.2, 0.25) is 0 Å². The lowest BCUT2D eigenvalue weighted by atomic mass is 9.84. The maximum atomic E-state index is 14.3. The van der Waals surface area contributed by atoms with E-state index in [2.05, 4.69) is 6.58 Å². The largest absolute Gasteiger partial charge is 0.420 e. The van der Waals surface area contributed by atoms with Crippen LogP contribution in [0, 0.1) is 11.8 Å². The molecule has 0 N–H and O–H groups in total. The summed E-state index contributed by atoms with van der Waals surface area (Å²) in [4.78, 5) is 22.7. The zero-order chi connectivity index (χ0) is 11.6.